The summed E-state index contributed by atoms with van der Waals surface area (Å²) in [7, 11) is 0. The molecule has 0 aliphatic carbocycles. The lowest BCUT2D eigenvalue weighted by Crippen LogP contribution is -2.39. The van der Waals surface area contributed by atoms with Crippen LogP contribution in [0.1, 0.15) is 33.8 Å². The van der Waals surface area contributed by atoms with Crippen molar-refractivity contribution in [2.75, 3.05) is 11.4 Å². The molecule has 204 valence electrons. The zero-order valence-electron chi connectivity index (χ0n) is 21.4. The molecule has 0 saturated heterocycles. The minimum absolute atomic E-state index is 0.0611. The fourth-order valence-electron chi connectivity index (χ4n) is 5.24. The highest BCUT2D eigenvalue weighted by molar-refractivity contribution is 5.78. The molecule has 7 nitrogen and oxygen atoms in total. The summed E-state index contributed by atoms with van der Waals surface area (Å²) in [5, 5.41) is 9.73. The van der Waals surface area contributed by atoms with Gasteiger partial charge >= 0.3 is 6.18 Å². The Morgan fingerprint density at radius 3 is 2.42 bits per heavy atom. The van der Waals surface area contributed by atoms with Crippen LogP contribution in [0.5, 0.6) is 0 Å². The molecule has 40 heavy (non-hydrogen) atoms. The summed E-state index contributed by atoms with van der Waals surface area (Å²) < 4.78 is 41.2. The first-order chi connectivity index (χ1) is 19.3. The van der Waals surface area contributed by atoms with Gasteiger partial charge in [-0.1, -0.05) is 42.5 Å². The molecule has 6 rings (SSSR count). The number of imidazole rings is 1. The molecular formula is C30H26F3N5O2. The van der Waals surface area contributed by atoms with E-state index in [-0.39, 0.29) is 24.2 Å². The maximum absolute atomic E-state index is 14.0. The van der Waals surface area contributed by atoms with Gasteiger partial charge in [0.05, 0.1) is 46.7 Å². The summed E-state index contributed by atoms with van der Waals surface area (Å²) in [5.74, 6) is 1.05. The third-order valence-corrected chi connectivity index (χ3v) is 7.32. The predicted molar refractivity (Wildman–Crippen MR) is 145 cm³/mol. The number of aromatic amines is 1. The normalized spacial score (nSPS) is 13.6. The van der Waals surface area contributed by atoms with Gasteiger partial charge in [-0.05, 0) is 47.9 Å². The van der Waals surface area contributed by atoms with Gasteiger partial charge in [0.1, 0.15) is 5.82 Å². The van der Waals surface area contributed by atoms with Crippen molar-refractivity contribution in [2.24, 2.45) is 0 Å². The molecule has 0 atom stereocenters. The molecule has 1 aliphatic heterocycles. The number of aliphatic hydroxyl groups excluding tert-OH is 1. The molecule has 0 unspecified atom stereocenters. The number of hydrogen-bond donors (Lipinski definition) is 2. The van der Waals surface area contributed by atoms with Gasteiger partial charge in [-0.25, -0.2) is 9.97 Å². The van der Waals surface area contributed by atoms with Crippen molar-refractivity contribution >= 4 is 17.0 Å². The summed E-state index contributed by atoms with van der Waals surface area (Å²) in [5.41, 5.74) is 3.58. The van der Waals surface area contributed by atoms with Crippen LogP contribution in [0.4, 0.5) is 19.1 Å². The minimum atomic E-state index is -4.45. The Hall–Kier alpha value is -4.44. The van der Waals surface area contributed by atoms with E-state index in [9.17, 15) is 23.1 Å². The molecular weight excluding hydrogens is 519 g/mol. The Morgan fingerprint density at radius 2 is 1.68 bits per heavy atom. The van der Waals surface area contributed by atoms with Crippen LogP contribution < -0.4 is 10.5 Å². The maximum Gasteiger partial charge on any atom is 0.416 e. The summed E-state index contributed by atoms with van der Waals surface area (Å²) in [6.45, 7) is 0.676. The second-order valence-electron chi connectivity index (χ2n) is 9.82. The van der Waals surface area contributed by atoms with Crippen LogP contribution in [-0.4, -0.2) is 31.2 Å². The maximum atomic E-state index is 14.0. The van der Waals surface area contributed by atoms with Gasteiger partial charge < -0.3 is 15.0 Å². The van der Waals surface area contributed by atoms with E-state index in [1.807, 2.05) is 59.5 Å². The number of para-hydroxylation sites is 1. The molecule has 0 amide bonds. The number of hydrogen-bond acceptors (Lipinski definition) is 5. The van der Waals surface area contributed by atoms with E-state index in [2.05, 4.69) is 9.97 Å². The largest absolute Gasteiger partial charge is 0.416 e. The third-order valence-electron chi connectivity index (χ3n) is 7.32. The van der Waals surface area contributed by atoms with E-state index < -0.39 is 11.7 Å². The smallest absolute Gasteiger partial charge is 0.392 e. The predicted octanol–water partition coefficient (Wildman–Crippen LogP) is 4.97. The number of fused-ring (bicyclic) bond motifs is 2. The second-order valence-corrected chi connectivity index (χ2v) is 9.82. The zero-order chi connectivity index (χ0) is 27.9. The summed E-state index contributed by atoms with van der Waals surface area (Å²) in [4.78, 5) is 28.3. The minimum Gasteiger partial charge on any atom is -0.392 e. The van der Waals surface area contributed by atoms with Crippen LogP contribution in [0.15, 0.2) is 77.6 Å². The molecule has 2 aromatic heterocycles. The number of benzene rings is 3. The van der Waals surface area contributed by atoms with Crippen LogP contribution in [0.25, 0.3) is 16.7 Å². The summed E-state index contributed by atoms with van der Waals surface area (Å²) >= 11 is 0. The number of nitrogens with one attached hydrogen (secondary N) is 1. The third kappa shape index (κ3) is 4.86. The fraction of sp³-hybridized carbons (Fsp3) is 0.233. The van der Waals surface area contributed by atoms with E-state index in [1.165, 1.54) is 6.07 Å². The molecule has 3 aromatic carbocycles. The van der Waals surface area contributed by atoms with Crippen molar-refractivity contribution in [1.29, 1.82) is 0 Å². The van der Waals surface area contributed by atoms with Gasteiger partial charge in [-0.15, -0.1) is 0 Å². The second kappa shape index (κ2) is 10.3. The topological polar surface area (TPSA) is 87.0 Å². The average Bonchev–Trinajstić information content (AvgIpc) is 3.40. The van der Waals surface area contributed by atoms with Crippen molar-refractivity contribution in [1.82, 2.24) is 19.5 Å². The highest BCUT2D eigenvalue weighted by atomic mass is 19.4. The Balaban J connectivity index is 1.36. The highest BCUT2D eigenvalue weighted by Crippen LogP contribution is 2.32. The first-order valence-corrected chi connectivity index (χ1v) is 13.0. The monoisotopic (exact) mass is 545 g/mol. The zero-order valence-corrected chi connectivity index (χ0v) is 21.4. The number of nitrogens with zero attached hydrogens (tertiary/aromatic N) is 4. The number of aryl methyl sites for hydroxylation is 2. The summed E-state index contributed by atoms with van der Waals surface area (Å²) in [6, 6.07) is 20.4. The number of aliphatic hydroxyl groups is 1. The SMILES string of the molecule is O=c1c2c(nc(CCc3ccccc3CO)n1-c1ccccc1)CCN(c1nc3ccc(C(F)(F)F)cc3[nH]1)C2. The van der Waals surface area contributed by atoms with E-state index in [0.29, 0.717) is 60.0 Å². The number of alkyl halides is 3. The molecule has 10 heteroatoms. The molecule has 5 aromatic rings. The Bertz CT molecular complexity index is 1740. The van der Waals surface area contributed by atoms with Gasteiger partial charge in [0.2, 0.25) is 5.95 Å². The van der Waals surface area contributed by atoms with E-state index in [1.54, 1.807) is 4.57 Å². The Morgan fingerprint density at radius 1 is 0.925 bits per heavy atom. The fourth-order valence-corrected chi connectivity index (χ4v) is 5.24. The molecule has 3 heterocycles. The number of H-pyrrole nitrogens is 1. The average molecular weight is 546 g/mol. The standard InChI is InChI=1S/C30H26F3N5O2/c31-30(32,33)21-11-12-25-26(16-21)36-29(35-25)37-15-14-24-23(17-37)28(40)38(22-8-2-1-3-9-22)27(34-24)13-10-19-6-4-5-7-20(19)18-39/h1-9,11-12,16,39H,10,13-15,17-18H2,(H,35,36). The lowest BCUT2D eigenvalue weighted by Gasteiger charge is -2.28. The lowest BCUT2D eigenvalue weighted by molar-refractivity contribution is -0.137. The van der Waals surface area contributed by atoms with Gasteiger partial charge in [0.25, 0.3) is 5.56 Å². The first kappa shape index (κ1) is 25.8. The van der Waals surface area contributed by atoms with Crippen molar-refractivity contribution in [3.8, 4) is 5.69 Å². The molecule has 0 radical (unpaired) electrons. The first-order valence-electron chi connectivity index (χ1n) is 13.0. The van der Waals surface area contributed by atoms with Gasteiger partial charge in [0, 0.05) is 19.4 Å². The molecule has 0 fully saturated rings. The molecule has 0 spiro atoms. The molecule has 1 aliphatic rings. The summed E-state index contributed by atoms with van der Waals surface area (Å²) in [6.07, 6.45) is -2.84. The van der Waals surface area contributed by atoms with Crippen LogP contribution in [0.2, 0.25) is 0 Å². The van der Waals surface area contributed by atoms with Crippen molar-refractivity contribution in [3.05, 3.63) is 117 Å². The van der Waals surface area contributed by atoms with Crippen LogP contribution in [-0.2, 0) is 38.6 Å². The number of anilines is 1. The number of rotatable bonds is 6. The molecule has 0 bridgehead atoms. The van der Waals surface area contributed by atoms with E-state index >= 15 is 0 Å². The van der Waals surface area contributed by atoms with Gasteiger partial charge in [-0.2, -0.15) is 13.2 Å². The van der Waals surface area contributed by atoms with Crippen molar-refractivity contribution in [2.45, 2.75) is 38.6 Å². The Kier molecular flexibility index (Phi) is 6.63. The van der Waals surface area contributed by atoms with E-state index in [0.717, 1.165) is 23.3 Å². The van der Waals surface area contributed by atoms with Crippen LogP contribution in [0, 0.1) is 0 Å². The molecule has 0 saturated carbocycles. The van der Waals surface area contributed by atoms with Crippen LogP contribution >= 0.6 is 0 Å². The lowest BCUT2D eigenvalue weighted by atomic mass is 10.0. The van der Waals surface area contributed by atoms with Gasteiger partial charge in [0.15, 0.2) is 0 Å². The highest BCUT2D eigenvalue weighted by Gasteiger charge is 2.31. The van der Waals surface area contributed by atoms with Crippen molar-refractivity contribution < 1.29 is 18.3 Å². The Labute approximate surface area is 227 Å². The van der Waals surface area contributed by atoms with Crippen LogP contribution in [0.3, 0.4) is 0 Å². The number of halogens is 3. The quantitative estimate of drug-likeness (QED) is 0.315. The van der Waals surface area contributed by atoms with Crippen molar-refractivity contribution in [3.63, 3.8) is 0 Å². The van der Waals surface area contributed by atoms with Gasteiger partial charge in [-0.3, -0.25) is 9.36 Å². The number of aromatic nitrogens is 4. The van der Waals surface area contributed by atoms with E-state index in [4.69, 9.17) is 4.98 Å². The molecule has 2 N–H and O–H groups in total.